The number of halogens is 1. The van der Waals surface area contributed by atoms with Gasteiger partial charge in [-0.3, -0.25) is 9.79 Å². The summed E-state index contributed by atoms with van der Waals surface area (Å²) in [4.78, 5) is 15.8. The van der Waals surface area contributed by atoms with Gasteiger partial charge in [-0.15, -0.1) is 24.0 Å². The Morgan fingerprint density at radius 1 is 1.12 bits per heavy atom. The van der Waals surface area contributed by atoms with Gasteiger partial charge in [-0.2, -0.15) is 0 Å². The number of carbonyl (C=O) groups excluding carboxylic acids is 1. The minimum absolute atomic E-state index is 0. The number of benzene rings is 1. The summed E-state index contributed by atoms with van der Waals surface area (Å²) in [5.74, 6) is 1.16. The zero-order chi connectivity index (χ0) is 17.2. The molecule has 1 atom stereocenters. The van der Waals surface area contributed by atoms with Crippen molar-refractivity contribution < 1.29 is 4.79 Å². The quantitative estimate of drug-likeness (QED) is 0.343. The predicted molar refractivity (Wildman–Crippen MR) is 112 cm³/mol. The molecule has 0 bridgehead atoms. The molecular weight excluding hydrogens is 415 g/mol. The Labute approximate surface area is 163 Å². The van der Waals surface area contributed by atoms with Crippen molar-refractivity contribution in [1.29, 1.82) is 0 Å². The van der Waals surface area contributed by atoms with E-state index in [4.69, 9.17) is 0 Å². The van der Waals surface area contributed by atoms with Crippen LogP contribution in [0.25, 0.3) is 0 Å². The molecule has 1 rings (SSSR count). The molecule has 1 amide bonds. The van der Waals surface area contributed by atoms with Crippen LogP contribution in [0.2, 0.25) is 0 Å². The lowest BCUT2D eigenvalue weighted by Crippen LogP contribution is -2.41. The van der Waals surface area contributed by atoms with Crippen LogP contribution in [0, 0.1) is 6.92 Å². The molecule has 1 aromatic carbocycles. The van der Waals surface area contributed by atoms with Crippen LogP contribution in [0.5, 0.6) is 0 Å². The maximum absolute atomic E-state index is 11.6. The summed E-state index contributed by atoms with van der Waals surface area (Å²) in [6.45, 7) is 9.55. The number of carbonyl (C=O) groups is 1. The highest BCUT2D eigenvalue weighted by atomic mass is 127. The molecule has 136 valence electrons. The maximum atomic E-state index is 11.6. The molecule has 0 aliphatic rings. The van der Waals surface area contributed by atoms with Crippen molar-refractivity contribution >= 4 is 35.8 Å². The Morgan fingerprint density at radius 2 is 1.75 bits per heavy atom. The summed E-state index contributed by atoms with van der Waals surface area (Å²) in [7, 11) is 1.74. The van der Waals surface area contributed by atoms with Crippen LogP contribution >= 0.6 is 24.0 Å². The van der Waals surface area contributed by atoms with Crippen LogP contribution in [0.1, 0.15) is 44.2 Å². The summed E-state index contributed by atoms with van der Waals surface area (Å²) in [6.07, 6.45) is 0.437. The summed E-state index contributed by atoms with van der Waals surface area (Å²) >= 11 is 0. The first kappa shape index (κ1) is 22.7. The van der Waals surface area contributed by atoms with Gasteiger partial charge < -0.3 is 16.0 Å². The van der Waals surface area contributed by atoms with Crippen LogP contribution in [-0.4, -0.2) is 38.0 Å². The second-order valence-corrected chi connectivity index (χ2v) is 6.16. The van der Waals surface area contributed by atoms with Gasteiger partial charge in [-0.25, -0.2) is 0 Å². The lowest BCUT2D eigenvalue weighted by Gasteiger charge is -2.16. The molecular formula is C18H31IN4O. The van der Waals surface area contributed by atoms with E-state index in [2.05, 4.69) is 59.1 Å². The van der Waals surface area contributed by atoms with E-state index >= 15 is 0 Å². The van der Waals surface area contributed by atoms with Crippen molar-refractivity contribution in [3.8, 4) is 0 Å². The van der Waals surface area contributed by atoms with E-state index in [1.807, 2.05) is 13.8 Å². The molecule has 5 nitrogen and oxygen atoms in total. The summed E-state index contributed by atoms with van der Waals surface area (Å²) in [5.41, 5.74) is 2.57. The highest BCUT2D eigenvalue weighted by Crippen LogP contribution is 2.14. The maximum Gasteiger partial charge on any atom is 0.221 e. The number of hydrogen-bond donors (Lipinski definition) is 3. The number of aliphatic imine (C=N–C) groups is 1. The Kier molecular flexibility index (Phi) is 11.4. The van der Waals surface area contributed by atoms with Gasteiger partial charge in [0.15, 0.2) is 5.96 Å². The molecule has 0 heterocycles. The lowest BCUT2D eigenvalue weighted by molar-refractivity contribution is -0.121. The van der Waals surface area contributed by atoms with E-state index in [-0.39, 0.29) is 35.9 Å². The smallest absolute Gasteiger partial charge is 0.221 e. The molecule has 24 heavy (non-hydrogen) atoms. The average Bonchev–Trinajstić information content (AvgIpc) is 2.50. The van der Waals surface area contributed by atoms with Gasteiger partial charge in [0.25, 0.3) is 0 Å². The summed E-state index contributed by atoms with van der Waals surface area (Å²) in [6, 6.07) is 8.76. The monoisotopic (exact) mass is 446 g/mol. The van der Waals surface area contributed by atoms with Gasteiger partial charge in [0, 0.05) is 32.6 Å². The van der Waals surface area contributed by atoms with Gasteiger partial charge in [0.1, 0.15) is 0 Å². The van der Waals surface area contributed by atoms with Crippen LogP contribution in [0.15, 0.2) is 29.3 Å². The molecule has 0 aliphatic carbocycles. The van der Waals surface area contributed by atoms with E-state index < -0.39 is 0 Å². The van der Waals surface area contributed by atoms with E-state index in [0.29, 0.717) is 18.9 Å². The second kappa shape index (κ2) is 12.1. The summed E-state index contributed by atoms with van der Waals surface area (Å²) in [5, 5.41) is 9.34. The first-order valence-corrected chi connectivity index (χ1v) is 8.22. The fourth-order valence-corrected chi connectivity index (χ4v) is 2.17. The Hall–Kier alpha value is -1.31. The van der Waals surface area contributed by atoms with Gasteiger partial charge in [0.2, 0.25) is 5.91 Å². The van der Waals surface area contributed by atoms with E-state index in [9.17, 15) is 4.79 Å². The standard InChI is InChI=1S/C18H30N4O.HI/c1-13(2)22-17(23)10-11-20-18(19-5)21-12-15(4)16-8-6-14(3)7-9-16;/h6-9,13,15H,10-12H2,1-5H3,(H,22,23)(H2,19,20,21);1H. The van der Waals surface area contributed by atoms with Gasteiger partial charge in [-0.1, -0.05) is 36.8 Å². The van der Waals surface area contributed by atoms with Crippen molar-refractivity contribution in [2.24, 2.45) is 4.99 Å². The van der Waals surface area contributed by atoms with Gasteiger partial charge >= 0.3 is 0 Å². The van der Waals surface area contributed by atoms with Crippen LogP contribution in [0.3, 0.4) is 0 Å². The molecule has 0 aromatic heterocycles. The number of amides is 1. The van der Waals surface area contributed by atoms with Crippen molar-refractivity contribution in [1.82, 2.24) is 16.0 Å². The Morgan fingerprint density at radius 3 is 2.29 bits per heavy atom. The number of hydrogen-bond acceptors (Lipinski definition) is 2. The third-order valence-electron chi connectivity index (χ3n) is 3.54. The summed E-state index contributed by atoms with van der Waals surface area (Å²) < 4.78 is 0. The van der Waals surface area contributed by atoms with Crippen molar-refractivity contribution in [3.05, 3.63) is 35.4 Å². The van der Waals surface area contributed by atoms with Crippen LogP contribution in [-0.2, 0) is 4.79 Å². The fourth-order valence-electron chi connectivity index (χ4n) is 2.17. The number of rotatable bonds is 7. The first-order valence-electron chi connectivity index (χ1n) is 8.22. The third kappa shape index (κ3) is 9.10. The highest BCUT2D eigenvalue weighted by Gasteiger charge is 2.07. The highest BCUT2D eigenvalue weighted by molar-refractivity contribution is 14.0. The van der Waals surface area contributed by atoms with Crippen LogP contribution in [0.4, 0.5) is 0 Å². The Bertz CT molecular complexity index is 514. The van der Waals surface area contributed by atoms with Crippen LogP contribution < -0.4 is 16.0 Å². The fraction of sp³-hybridized carbons (Fsp3) is 0.556. The normalized spacial score (nSPS) is 12.3. The van der Waals surface area contributed by atoms with Gasteiger partial charge in [-0.05, 0) is 32.3 Å². The Balaban J connectivity index is 0.00000529. The topological polar surface area (TPSA) is 65.5 Å². The minimum Gasteiger partial charge on any atom is -0.356 e. The van der Waals surface area contributed by atoms with E-state index in [0.717, 1.165) is 12.5 Å². The third-order valence-corrected chi connectivity index (χ3v) is 3.54. The molecule has 1 unspecified atom stereocenters. The number of nitrogens with zero attached hydrogens (tertiary/aromatic N) is 1. The molecule has 0 aliphatic heterocycles. The number of guanidine groups is 1. The number of aryl methyl sites for hydroxylation is 1. The largest absolute Gasteiger partial charge is 0.356 e. The molecule has 0 radical (unpaired) electrons. The molecule has 0 spiro atoms. The van der Waals surface area contributed by atoms with E-state index in [1.54, 1.807) is 7.05 Å². The second-order valence-electron chi connectivity index (χ2n) is 6.16. The number of nitrogens with one attached hydrogen (secondary N) is 3. The zero-order valence-corrected chi connectivity index (χ0v) is 17.7. The minimum atomic E-state index is 0. The molecule has 0 saturated carbocycles. The molecule has 3 N–H and O–H groups in total. The van der Waals surface area contributed by atoms with Gasteiger partial charge in [0.05, 0.1) is 0 Å². The molecule has 0 fully saturated rings. The van der Waals surface area contributed by atoms with Crippen molar-refractivity contribution in [3.63, 3.8) is 0 Å². The molecule has 0 saturated heterocycles. The molecule has 6 heteroatoms. The lowest BCUT2D eigenvalue weighted by atomic mass is 10.0. The SMILES string of the molecule is CN=C(NCCC(=O)NC(C)C)NCC(C)c1ccc(C)cc1.I. The van der Waals surface area contributed by atoms with Crippen molar-refractivity contribution in [2.45, 2.75) is 46.1 Å². The van der Waals surface area contributed by atoms with E-state index in [1.165, 1.54) is 11.1 Å². The molecule has 1 aromatic rings. The predicted octanol–water partition coefficient (Wildman–Crippen LogP) is 2.80. The van der Waals surface area contributed by atoms with Crippen molar-refractivity contribution in [2.75, 3.05) is 20.1 Å². The zero-order valence-electron chi connectivity index (χ0n) is 15.3. The first-order chi connectivity index (χ1) is 10.9. The average molecular weight is 446 g/mol.